The van der Waals surface area contributed by atoms with Crippen molar-refractivity contribution in [3.63, 3.8) is 0 Å². The van der Waals surface area contributed by atoms with Crippen molar-refractivity contribution in [1.82, 2.24) is 4.90 Å². The molecule has 20 heavy (non-hydrogen) atoms. The summed E-state index contributed by atoms with van der Waals surface area (Å²) in [7, 11) is 0. The molecule has 0 aliphatic rings. The second kappa shape index (κ2) is 8.58. The average molecular weight is 299 g/mol. The summed E-state index contributed by atoms with van der Waals surface area (Å²) >= 11 is 1.29. The summed E-state index contributed by atoms with van der Waals surface area (Å²) in [6, 6.07) is 6.43. The third-order valence-corrected chi connectivity index (χ3v) is 3.79. The SMILES string of the molecule is CCN(CCC(=O)O)C(=O)CCSc1ccccc1F. The molecule has 0 fully saturated rings. The summed E-state index contributed by atoms with van der Waals surface area (Å²) < 4.78 is 13.4. The molecule has 110 valence electrons. The van der Waals surface area contributed by atoms with Crippen LogP contribution in [0.3, 0.4) is 0 Å². The number of benzene rings is 1. The molecule has 0 heterocycles. The highest BCUT2D eigenvalue weighted by Gasteiger charge is 2.13. The smallest absolute Gasteiger partial charge is 0.305 e. The molecular weight excluding hydrogens is 281 g/mol. The maximum Gasteiger partial charge on any atom is 0.305 e. The first-order chi connectivity index (χ1) is 9.54. The van der Waals surface area contributed by atoms with E-state index in [1.54, 1.807) is 18.2 Å². The second-order valence-corrected chi connectivity index (χ2v) is 5.28. The number of thioether (sulfide) groups is 1. The zero-order valence-electron chi connectivity index (χ0n) is 11.3. The Balaban J connectivity index is 2.38. The molecule has 0 aromatic heterocycles. The molecule has 0 radical (unpaired) electrons. The van der Waals surface area contributed by atoms with Crippen molar-refractivity contribution in [2.45, 2.75) is 24.7 Å². The van der Waals surface area contributed by atoms with E-state index in [1.807, 2.05) is 6.92 Å². The number of aliphatic carboxylic acids is 1. The van der Waals surface area contributed by atoms with Gasteiger partial charge < -0.3 is 10.0 Å². The quantitative estimate of drug-likeness (QED) is 0.750. The summed E-state index contributed by atoms with van der Waals surface area (Å²) in [5.41, 5.74) is 0. The van der Waals surface area contributed by atoms with E-state index in [9.17, 15) is 14.0 Å². The highest BCUT2D eigenvalue weighted by Crippen LogP contribution is 2.21. The molecule has 0 atom stereocenters. The van der Waals surface area contributed by atoms with Crippen molar-refractivity contribution in [3.8, 4) is 0 Å². The molecule has 1 aromatic carbocycles. The first-order valence-corrected chi connectivity index (χ1v) is 7.40. The van der Waals surface area contributed by atoms with Gasteiger partial charge in [0.15, 0.2) is 0 Å². The number of rotatable bonds is 8. The van der Waals surface area contributed by atoms with Gasteiger partial charge in [-0.25, -0.2) is 4.39 Å². The minimum Gasteiger partial charge on any atom is -0.481 e. The number of hydrogen-bond donors (Lipinski definition) is 1. The molecule has 1 aromatic rings. The van der Waals surface area contributed by atoms with Gasteiger partial charge in [-0.3, -0.25) is 9.59 Å². The second-order valence-electron chi connectivity index (χ2n) is 4.15. The van der Waals surface area contributed by atoms with E-state index in [0.29, 0.717) is 17.2 Å². The topological polar surface area (TPSA) is 57.6 Å². The monoisotopic (exact) mass is 299 g/mol. The standard InChI is InChI=1S/C14H18FNO3S/c1-2-16(9-7-14(18)19)13(17)8-10-20-12-6-4-3-5-11(12)15/h3-6H,2,7-10H2,1H3,(H,18,19). The molecule has 0 unspecified atom stereocenters. The van der Waals surface area contributed by atoms with Crippen LogP contribution >= 0.6 is 11.8 Å². The van der Waals surface area contributed by atoms with Crippen LogP contribution < -0.4 is 0 Å². The van der Waals surface area contributed by atoms with Crippen molar-refractivity contribution < 1.29 is 19.1 Å². The Morgan fingerprint density at radius 3 is 2.60 bits per heavy atom. The van der Waals surface area contributed by atoms with Crippen LogP contribution in [0.4, 0.5) is 4.39 Å². The van der Waals surface area contributed by atoms with Crippen molar-refractivity contribution in [2.75, 3.05) is 18.8 Å². The molecule has 1 rings (SSSR count). The van der Waals surface area contributed by atoms with Crippen LogP contribution in [0.5, 0.6) is 0 Å². The summed E-state index contributed by atoms with van der Waals surface area (Å²) in [6.45, 7) is 2.51. The summed E-state index contributed by atoms with van der Waals surface area (Å²) in [5, 5.41) is 8.61. The predicted octanol–water partition coefficient (Wildman–Crippen LogP) is 2.63. The number of carbonyl (C=O) groups is 2. The van der Waals surface area contributed by atoms with E-state index >= 15 is 0 Å². The summed E-state index contributed by atoms with van der Waals surface area (Å²) in [4.78, 5) is 24.4. The fourth-order valence-corrected chi connectivity index (χ4v) is 2.54. The van der Waals surface area contributed by atoms with E-state index in [0.717, 1.165) is 0 Å². The number of carbonyl (C=O) groups excluding carboxylic acids is 1. The summed E-state index contributed by atoms with van der Waals surface area (Å²) in [6.07, 6.45) is 0.215. The first kappa shape index (κ1) is 16.5. The predicted molar refractivity (Wildman–Crippen MR) is 76.2 cm³/mol. The normalized spacial score (nSPS) is 10.3. The maximum absolute atomic E-state index is 13.4. The molecule has 0 aliphatic heterocycles. The Hall–Kier alpha value is -1.56. The summed E-state index contributed by atoms with van der Waals surface area (Å²) in [5.74, 6) is -0.832. The molecule has 1 N–H and O–H groups in total. The lowest BCUT2D eigenvalue weighted by molar-refractivity contribution is -0.138. The van der Waals surface area contributed by atoms with E-state index < -0.39 is 5.97 Å². The van der Waals surface area contributed by atoms with Gasteiger partial charge in [0.05, 0.1) is 6.42 Å². The molecule has 6 heteroatoms. The van der Waals surface area contributed by atoms with Gasteiger partial charge in [0.2, 0.25) is 5.91 Å². The Kier molecular flexibility index (Phi) is 7.08. The Bertz CT molecular complexity index is 467. The number of amides is 1. The van der Waals surface area contributed by atoms with E-state index in [4.69, 9.17) is 5.11 Å². The zero-order chi connectivity index (χ0) is 15.0. The molecule has 1 amide bonds. The lowest BCUT2D eigenvalue weighted by Crippen LogP contribution is -2.33. The van der Waals surface area contributed by atoms with Gasteiger partial charge in [0.1, 0.15) is 5.82 Å². The van der Waals surface area contributed by atoms with Gasteiger partial charge in [0, 0.05) is 30.2 Å². The van der Waals surface area contributed by atoms with Crippen molar-refractivity contribution >= 4 is 23.6 Å². The van der Waals surface area contributed by atoms with Crippen LogP contribution in [-0.4, -0.2) is 40.7 Å². The average Bonchev–Trinajstić information content (AvgIpc) is 2.41. The molecule has 0 spiro atoms. The molecular formula is C14H18FNO3S. The maximum atomic E-state index is 13.4. The lowest BCUT2D eigenvalue weighted by Gasteiger charge is -2.19. The minimum absolute atomic E-state index is 0.0555. The molecule has 0 saturated carbocycles. The molecule has 0 bridgehead atoms. The Morgan fingerprint density at radius 1 is 1.30 bits per heavy atom. The van der Waals surface area contributed by atoms with Gasteiger partial charge in [-0.2, -0.15) is 0 Å². The molecule has 4 nitrogen and oxygen atoms in total. The Labute approximate surface area is 122 Å². The first-order valence-electron chi connectivity index (χ1n) is 6.41. The van der Waals surface area contributed by atoms with Crippen LogP contribution in [0, 0.1) is 5.82 Å². The van der Waals surface area contributed by atoms with Gasteiger partial charge in [-0.15, -0.1) is 11.8 Å². The highest BCUT2D eigenvalue weighted by atomic mass is 32.2. The van der Waals surface area contributed by atoms with Gasteiger partial charge in [-0.1, -0.05) is 12.1 Å². The van der Waals surface area contributed by atoms with Gasteiger partial charge >= 0.3 is 5.97 Å². The lowest BCUT2D eigenvalue weighted by atomic mass is 10.3. The van der Waals surface area contributed by atoms with Crippen LogP contribution in [0.2, 0.25) is 0 Å². The molecule has 0 aliphatic carbocycles. The van der Waals surface area contributed by atoms with Gasteiger partial charge in [-0.05, 0) is 19.1 Å². The van der Waals surface area contributed by atoms with Crippen molar-refractivity contribution in [3.05, 3.63) is 30.1 Å². The van der Waals surface area contributed by atoms with Gasteiger partial charge in [0.25, 0.3) is 0 Å². The fourth-order valence-electron chi connectivity index (χ4n) is 1.66. The third-order valence-electron chi connectivity index (χ3n) is 2.74. The number of carboxylic acids is 1. The van der Waals surface area contributed by atoms with Crippen LogP contribution in [-0.2, 0) is 9.59 Å². The highest BCUT2D eigenvalue weighted by molar-refractivity contribution is 7.99. The fraction of sp³-hybridized carbons (Fsp3) is 0.429. The van der Waals surface area contributed by atoms with Crippen molar-refractivity contribution in [1.29, 1.82) is 0 Å². The van der Waals surface area contributed by atoms with E-state index in [-0.39, 0.29) is 31.1 Å². The third kappa shape index (κ3) is 5.61. The van der Waals surface area contributed by atoms with E-state index in [1.165, 1.54) is 22.7 Å². The van der Waals surface area contributed by atoms with E-state index in [2.05, 4.69) is 0 Å². The molecule has 0 saturated heterocycles. The van der Waals surface area contributed by atoms with Crippen LogP contribution in [0.15, 0.2) is 29.2 Å². The Morgan fingerprint density at radius 2 is 2.00 bits per heavy atom. The van der Waals surface area contributed by atoms with Crippen molar-refractivity contribution in [2.24, 2.45) is 0 Å². The minimum atomic E-state index is -0.919. The number of hydrogen-bond acceptors (Lipinski definition) is 3. The van der Waals surface area contributed by atoms with Crippen LogP contribution in [0.25, 0.3) is 0 Å². The van der Waals surface area contributed by atoms with Crippen LogP contribution in [0.1, 0.15) is 19.8 Å². The number of carboxylic acid groups (broad SMARTS) is 1. The largest absolute Gasteiger partial charge is 0.481 e. The zero-order valence-corrected chi connectivity index (χ0v) is 12.2. The number of nitrogens with zero attached hydrogens (tertiary/aromatic N) is 1. The number of halogens is 1.